The van der Waals surface area contributed by atoms with Crippen LogP contribution in [0.1, 0.15) is 22.3 Å². The Bertz CT molecular complexity index is 534. The average Bonchev–Trinajstić information content (AvgIpc) is 2.97. The summed E-state index contributed by atoms with van der Waals surface area (Å²) >= 11 is 0. The summed E-state index contributed by atoms with van der Waals surface area (Å²) in [4.78, 5) is 14.3. The van der Waals surface area contributed by atoms with E-state index in [1.165, 1.54) is 18.2 Å². The van der Waals surface area contributed by atoms with Crippen molar-refractivity contribution < 1.29 is 22.7 Å². The first-order chi connectivity index (χ1) is 10.9. The molecule has 7 heteroatoms. The van der Waals surface area contributed by atoms with E-state index in [-0.39, 0.29) is 11.5 Å². The number of carbonyl (C=O) groups excluding carboxylic acids is 1. The summed E-state index contributed by atoms with van der Waals surface area (Å²) in [7, 11) is 1.64. The van der Waals surface area contributed by atoms with Crippen LogP contribution in [0.3, 0.4) is 0 Å². The Morgan fingerprint density at radius 1 is 1.39 bits per heavy atom. The molecular weight excluding hydrogens is 309 g/mol. The number of rotatable bonds is 6. The van der Waals surface area contributed by atoms with Crippen LogP contribution in [0.15, 0.2) is 24.3 Å². The zero-order chi connectivity index (χ0) is 16.9. The molecule has 0 radical (unpaired) electrons. The highest BCUT2D eigenvalue weighted by atomic mass is 19.4. The van der Waals surface area contributed by atoms with Gasteiger partial charge in [-0.05, 0) is 31.0 Å². The fraction of sp³-hybridized carbons (Fsp3) is 0.562. The van der Waals surface area contributed by atoms with Gasteiger partial charge in [-0.3, -0.25) is 4.79 Å². The van der Waals surface area contributed by atoms with Crippen molar-refractivity contribution >= 4 is 5.91 Å². The van der Waals surface area contributed by atoms with Crippen LogP contribution in [0.4, 0.5) is 13.2 Å². The van der Waals surface area contributed by atoms with E-state index in [4.69, 9.17) is 4.74 Å². The normalized spacial score (nSPS) is 19.0. The van der Waals surface area contributed by atoms with Crippen LogP contribution in [0.5, 0.6) is 0 Å². The molecule has 4 nitrogen and oxygen atoms in total. The summed E-state index contributed by atoms with van der Waals surface area (Å²) in [6, 6.07) is 4.85. The van der Waals surface area contributed by atoms with Crippen LogP contribution in [0, 0.1) is 5.92 Å². The lowest BCUT2D eigenvalue weighted by Crippen LogP contribution is -2.32. The van der Waals surface area contributed by atoms with Crippen LogP contribution in [0.2, 0.25) is 0 Å². The summed E-state index contributed by atoms with van der Waals surface area (Å²) < 4.78 is 43.8. The molecule has 1 N–H and O–H groups in total. The van der Waals surface area contributed by atoms with Gasteiger partial charge in [0.1, 0.15) is 0 Å². The first-order valence-corrected chi connectivity index (χ1v) is 7.57. The SMILES string of the molecule is COCCN1CC[C@@H](CNC(=O)c2ccccc2C(F)(F)F)C1. The summed E-state index contributed by atoms with van der Waals surface area (Å²) in [5.41, 5.74) is -1.22. The van der Waals surface area contributed by atoms with E-state index in [1.807, 2.05) is 0 Å². The van der Waals surface area contributed by atoms with Crippen molar-refractivity contribution in [1.82, 2.24) is 10.2 Å². The number of nitrogens with zero attached hydrogens (tertiary/aromatic N) is 1. The minimum atomic E-state index is -4.53. The number of amides is 1. The predicted octanol–water partition coefficient (Wildman–Crippen LogP) is 2.40. The van der Waals surface area contributed by atoms with E-state index < -0.39 is 17.6 Å². The van der Waals surface area contributed by atoms with E-state index in [9.17, 15) is 18.0 Å². The monoisotopic (exact) mass is 330 g/mol. The van der Waals surface area contributed by atoms with Crippen LogP contribution in [-0.2, 0) is 10.9 Å². The maximum absolute atomic E-state index is 12.9. The van der Waals surface area contributed by atoms with Gasteiger partial charge in [0.25, 0.3) is 5.91 Å². The topological polar surface area (TPSA) is 41.6 Å². The molecule has 0 spiro atoms. The number of hydrogen-bond acceptors (Lipinski definition) is 3. The molecule has 0 aliphatic carbocycles. The van der Waals surface area contributed by atoms with Gasteiger partial charge in [0.2, 0.25) is 0 Å². The van der Waals surface area contributed by atoms with Gasteiger partial charge in [-0.15, -0.1) is 0 Å². The average molecular weight is 330 g/mol. The third-order valence-electron chi connectivity index (χ3n) is 4.01. The highest BCUT2D eigenvalue weighted by molar-refractivity contribution is 5.95. The first-order valence-electron chi connectivity index (χ1n) is 7.57. The maximum atomic E-state index is 12.9. The molecule has 1 aromatic carbocycles. The largest absolute Gasteiger partial charge is 0.417 e. The van der Waals surface area contributed by atoms with Gasteiger partial charge < -0.3 is 15.0 Å². The third-order valence-corrected chi connectivity index (χ3v) is 4.01. The van der Waals surface area contributed by atoms with Crippen molar-refractivity contribution in [1.29, 1.82) is 0 Å². The molecule has 1 atom stereocenters. The number of ether oxygens (including phenoxy) is 1. The first kappa shape index (κ1) is 17.7. The second kappa shape index (κ2) is 7.79. The highest BCUT2D eigenvalue weighted by Crippen LogP contribution is 2.31. The molecule has 1 amide bonds. The number of alkyl halides is 3. The Morgan fingerprint density at radius 2 is 2.13 bits per heavy atom. The summed E-state index contributed by atoms with van der Waals surface area (Å²) in [5.74, 6) is -0.415. The van der Waals surface area contributed by atoms with Gasteiger partial charge in [0.15, 0.2) is 0 Å². The number of likely N-dealkylation sites (tertiary alicyclic amines) is 1. The van der Waals surface area contributed by atoms with Crippen molar-refractivity contribution in [2.45, 2.75) is 12.6 Å². The number of halogens is 3. The molecule has 0 bridgehead atoms. The van der Waals surface area contributed by atoms with Crippen LogP contribution < -0.4 is 5.32 Å². The fourth-order valence-corrected chi connectivity index (χ4v) is 2.76. The molecule has 0 aromatic heterocycles. The standard InChI is InChI=1S/C16H21F3N2O2/c1-23-9-8-21-7-6-12(11-21)10-20-15(22)13-4-2-3-5-14(13)16(17,18)19/h2-5,12H,6-11H2,1H3,(H,20,22)/t12-/m0/s1. The Labute approximate surface area is 133 Å². The van der Waals surface area contributed by atoms with Crippen molar-refractivity contribution in [3.8, 4) is 0 Å². The zero-order valence-electron chi connectivity index (χ0n) is 13.0. The number of nitrogens with one attached hydrogen (secondary N) is 1. The highest BCUT2D eigenvalue weighted by Gasteiger charge is 2.35. The predicted molar refractivity (Wildman–Crippen MR) is 80.2 cm³/mol. The number of benzene rings is 1. The minimum absolute atomic E-state index is 0.258. The molecule has 1 aliphatic rings. The van der Waals surface area contributed by atoms with E-state index in [0.717, 1.165) is 32.1 Å². The second-order valence-corrected chi connectivity index (χ2v) is 5.70. The summed E-state index contributed by atoms with van der Waals surface area (Å²) in [5, 5.41) is 2.63. The Morgan fingerprint density at radius 3 is 2.83 bits per heavy atom. The van der Waals surface area contributed by atoms with Gasteiger partial charge >= 0.3 is 6.18 Å². The molecule has 1 heterocycles. The lowest BCUT2D eigenvalue weighted by Gasteiger charge is -2.16. The van der Waals surface area contributed by atoms with Gasteiger partial charge in [-0.2, -0.15) is 13.2 Å². The van der Waals surface area contributed by atoms with Gasteiger partial charge in [0.05, 0.1) is 17.7 Å². The van der Waals surface area contributed by atoms with E-state index in [0.29, 0.717) is 13.2 Å². The molecule has 1 fully saturated rings. The Hall–Kier alpha value is -1.60. The van der Waals surface area contributed by atoms with Crippen molar-refractivity contribution in [2.75, 3.05) is 39.9 Å². The van der Waals surface area contributed by atoms with Gasteiger partial charge in [-0.25, -0.2) is 0 Å². The van der Waals surface area contributed by atoms with Crippen LogP contribution in [0.25, 0.3) is 0 Å². The van der Waals surface area contributed by atoms with E-state index >= 15 is 0 Å². The molecular formula is C16H21F3N2O2. The smallest absolute Gasteiger partial charge is 0.383 e. The molecule has 0 unspecified atom stereocenters. The lowest BCUT2D eigenvalue weighted by atomic mass is 10.1. The van der Waals surface area contributed by atoms with Crippen LogP contribution >= 0.6 is 0 Å². The maximum Gasteiger partial charge on any atom is 0.417 e. The van der Waals surface area contributed by atoms with Crippen molar-refractivity contribution in [3.05, 3.63) is 35.4 Å². The molecule has 1 aromatic rings. The van der Waals surface area contributed by atoms with Gasteiger partial charge in [0, 0.05) is 26.7 Å². The molecule has 0 saturated carbocycles. The molecule has 2 rings (SSSR count). The Balaban J connectivity index is 1.89. The molecule has 128 valence electrons. The molecule has 1 aliphatic heterocycles. The Kier molecular flexibility index (Phi) is 6.01. The summed E-state index contributed by atoms with van der Waals surface area (Å²) in [6.07, 6.45) is -3.61. The van der Waals surface area contributed by atoms with E-state index in [1.54, 1.807) is 7.11 Å². The minimum Gasteiger partial charge on any atom is -0.383 e. The molecule has 1 saturated heterocycles. The number of carbonyl (C=O) groups is 1. The molecule has 23 heavy (non-hydrogen) atoms. The second-order valence-electron chi connectivity index (χ2n) is 5.70. The van der Waals surface area contributed by atoms with Crippen molar-refractivity contribution in [2.24, 2.45) is 5.92 Å². The quantitative estimate of drug-likeness (QED) is 0.871. The number of hydrogen-bond donors (Lipinski definition) is 1. The van der Waals surface area contributed by atoms with Crippen molar-refractivity contribution in [3.63, 3.8) is 0 Å². The third kappa shape index (κ3) is 4.94. The summed E-state index contributed by atoms with van der Waals surface area (Å²) in [6.45, 7) is 3.61. The zero-order valence-corrected chi connectivity index (χ0v) is 13.0. The lowest BCUT2D eigenvalue weighted by molar-refractivity contribution is -0.137. The van der Waals surface area contributed by atoms with E-state index in [2.05, 4.69) is 10.2 Å². The number of methoxy groups -OCH3 is 1. The fourth-order valence-electron chi connectivity index (χ4n) is 2.76. The van der Waals surface area contributed by atoms with Crippen LogP contribution in [-0.4, -0.2) is 50.7 Å². The van der Waals surface area contributed by atoms with Gasteiger partial charge in [-0.1, -0.05) is 12.1 Å².